The maximum Gasteiger partial charge on any atom is 0.306 e. The Morgan fingerprint density at radius 2 is 1.40 bits per heavy atom. The van der Waals surface area contributed by atoms with Gasteiger partial charge in [-0.1, -0.05) is 58.3 Å². The molecule has 0 saturated heterocycles. The van der Waals surface area contributed by atoms with Crippen molar-refractivity contribution in [3.05, 3.63) is 0 Å². The fourth-order valence-electron chi connectivity index (χ4n) is 2.51. The zero-order valence-electron chi connectivity index (χ0n) is 15.2. The maximum absolute atomic E-state index is 11.8. The van der Waals surface area contributed by atoms with Crippen LogP contribution in [0.5, 0.6) is 0 Å². The zero-order valence-corrected chi connectivity index (χ0v) is 15.2. The molecule has 0 saturated carbocycles. The van der Waals surface area contributed by atoms with Gasteiger partial charge in [-0.15, -0.1) is 0 Å². The molecule has 4 N–H and O–H groups in total. The van der Waals surface area contributed by atoms with E-state index in [-0.39, 0.29) is 6.42 Å². The van der Waals surface area contributed by atoms with Crippen LogP contribution in [0.3, 0.4) is 0 Å². The van der Waals surface area contributed by atoms with Crippen LogP contribution in [0.4, 0.5) is 0 Å². The summed E-state index contributed by atoms with van der Waals surface area (Å²) in [6.45, 7) is 0.471. The van der Waals surface area contributed by atoms with Gasteiger partial charge in [-0.3, -0.25) is 9.59 Å². The van der Waals surface area contributed by atoms with Crippen molar-refractivity contribution in [3.63, 3.8) is 0 Å². The number of hydrogen-bond donors (Lipinski definition) is 4. The van der Waals surface area contributed by atoms with Crippen LogP contribution in [0.1, 0.15) is 71.1 Å². The third-order valence-electron chi connectivity index (χ3n) is 4.11. The van der Waals surface area contributed by atoms with Crippen LogP contribution < -0.4 is 0 Å². The van der Waals surface area contributed by atoms with Gasteiger partial charge >= 0.3 is 5.97 Å². The molecular formula is C18H34O7. The Labute approximate surface area is 150 Å². The van der Waals surface area contributed by atoms with Gasteiger partial charge in [-0.25, -0.2) is 0 Å². The number of aliphatic hydroxyl groups excluding tert-OH is 4. The van der Waals surface area contributed by atoms with Gasteiger partial charge in [0.15, 0.2) is 6.10 Å². The van der Waals surface area contributed by atoms with E-state index >= 15 is 0 Å². The summed E-state index contributed by atoms with van der Waals surface area (Å²) in [5, 5.41) is 36.8. The van der Waals surface area contributed by atoms with Crippen molar-refractivity contribution in [2.24, 2.45) is 0 Å². The number of carbonyl (C=O) groups excluding carboxylic acids is 2. The standard InChI is InChI=1S/C18H34O7/c1-2-3-4-5-6-7-8-9-10-11-16(23)25-18(15(22)13-20)17(24)14(21)12-19/h14,17-21,24H,2-13H2,1H3/t14-,17-,18-/m1/s1. The molecule has 0 bridgehead atoms. The average molecular weight is 362 g/mol. The van der Waals surface area contributed by atoms with E-state index in [0.717, 1.165) is 19.3 Å². The van der Waals surface area contributed by atoms with Crippen molar-refractivity contribution in [1.29, 1.82) is 0 Å². The van der Waals surface area contributed by atoms with Crippen molar-refractivity contribution in [2.45, 2.75) is 89.4 Å². The number of aliphatic hydroxyl groups is 4. The van der Waals surface area contributed by atoms with Crippen LogP contribution in [-0.4, -0.2) is 63.7 Å². The van der Waals surface area contributed by atoms with Crippen molar-refractivity contribution < 1.29 is 34.8 Å². The van der Waals surface area contributed by atoms with E-state index in [2.05, 4.69) is 6.92 Å². The second-order valence-corrected chi connectivity index (χ2v) is 6.35. The lowest BCUT2D eigenvalue weighted by Crippen LogP contribution is -2.47. The second kappa shape index (κ2) is 15.3. The number of Topliss-reactive ketones (excluding diaryl/α,β-unsaturated/α-hetero) is 1. The summed E-state index contributed by atoms with van der Waals surface area (Å²) in [5.74, 6) is -1.58. The second-order valence-electron chi connectivity index (χ2n) is 6.35. The molecule has 0 aliphatic heterocycles. The lowest BCUT2D eigenvalue weighted by atomic mass is 10.0. The molecule has 0 spiro atoms. The molecule has 148 valence electrons. The van der Waals surface area contributed by atoms with Crippen LogP contribution in [0.2, 0.25) is 0 Å². The van der Waals surface area contributed by atoms with Gasteiger partial charge in [-0.2, -0.15) is 0 Å². The Hall–Kier alpha value is -1.02. The van der Waals surface area contributed by atoms with Gasteiger partial charge in [-0.05, 0) is 6.42 Å². The predicted molar refractivity (Wildman–Crippen MR) is 92.9 cm³/mol. The van der Waals surface area contributed by atoms with Crippen molar-refractivity contribution in [2.75, 3.05) is 13.2 Å². The average Bonchev–Trinajstić information content (AvgIpc) is 2.62. The third kappa shape index (κ3) is 11.3. The highest BCUT2D eigenvalue weighted by atomic mass is 16.6. The molecule has 0 aliphatic carbocycles. The Morgan fingerprint density at radius 1 is 0.880 bits per heavy atom. The molecule has 25 heavy (non-hydrogen) atoms. The molecule has 0 fully saturated rings. The molecule has 0 unspecified atom stereocenters. The Kier molecular flexibility index (Phi) is 14.6. The highest BCUT2D eigenvalue weighted by Crippen LogP contribution is 2.12. The van der Waals surface area contributed by atoms with Gasteiger partial charge in [0, 0.05) is 6.42 Å². The van der Waals surface area contributed by atoms with E-state index in [0.29, 0.717) is 6.42 Å². The number of esters is 1. The van der Waals surface area contributed by atoms with Gasteiger partial charge < -0.3 is 25.2 Å². The largest absolute Gasteiger partial charge is 0.451 e. The topological polar surface area (TPSA) is 124 Å². The molecule has 3 atom stereocenters. The molecule has 0 heterocycles. The minimum Gasteiger partial charge on any atom is -0.451 e. The summed E-state index contributed by atoms with van der Waals surface area (Å²) < 4.78 is 4.89. The van der Waals surface area contributed by atoms with E-state index in [1.807, 2.05) is 0 Å². The predicted octanol–water partition coefficient (Wildman–Crippen LogP) is 1.09. The molecule has 0 rings (SSSR count). The Balaban J connectivity index is 4.01. The van der Waals surface area contributed by atoms with E-state index in [1.165, 1.54) is 32.1 Å². The molecule has 0 aromatic carbocycles. The van der Waals surface area contributed by atoms with Gasteiger partial charge in [0.1, 0.15) is 18.8 Å². The maximum atomic E-state index is 11.8. The monoisotopic (exact) mass is 362 g/mol. The molecule has 0 aromatic heterocycles. The first-order valence-corrected chi connectivity index (χ1v) is 9.27. The number of carbonyl (C=O) groups is 2. The van der Waals surface area contributed by atoms with Crippen molar-refractivity contribution in [1.82, 2.24) is 0 Å². The van der Waals surface area contributed by atoms with Crippen LogP contribution in [0, 0.1) is 0 Å². The normalized spacial score (nSPS) is 14.8. The van der Waals surface area contributed by atoms with Gasteiger partial charge in [0.05, 0.1) is 6.61 Å². The Bertz CT molecular complexity index is 359. The zero-order chi connectivity index (χ0) is 19.1. The SMILES string of the molecule is CCCCCCCCCCCC(=O)O[C@H](C(=O)CO)[C@H](O)[C@H](O)CO. The minimum atomic E-state index is -1.77. The smallest absolute Gasteiger partial charge is 0.306 e. The summed E-state index contributed by atoms with van der Waals surface area (Å²) in [5.41, 5.74) is 0. The molecular weight excluding hydrogens is 328 g/mol. The number of rotatable bonds is 16. The number of unbranched alkanes of at least 4 members (excludes halogenated alkanes) is 8. The quantitative estimate of drug-likeness (QED) is 0.239. The fourth-order valence-corrected chi connectivity index (χ4v) is 2.51. The molecule has 0 aliphatic rings. The van der Waals surface area contributed by atoms with Crippen LogP contribution in [0.25, 0.3) is 0 Å². The van der Waals surface area contributed by atoms with E-state index in [4.69, 9.17) is 14.9 Å². The summed E-state index contributed by atoms with van der Waals surface area (Å²) in [7, 11) is 0. The summed E-state index contributed by atoms with van der Waals surface area (Å²) >= 11 is 0. The summed E-state index contributed by atoms with van der Waals surface area (Å²) in [4.78, 5) is 23.3. The van der Waals surface area contributed by atoms with Crippen molar-refractivity contribution >= 4 is 11.8 Å². The van der Waals surface area contributed by atoms with Crippen LogP contribution in [0.15, 0.2) is 0 Å². The highest BCUT2D eigenvalue weighted by Gasteiger charge is 2.34. The van der Waals surface area contributed by atoms with E-state index < -0.39 is 43.3 Å². The minimum absolute atomic E-state index is 0.104. The molecule has 0 radical (unpaired) electrons. The van der Waals surface area contributed by atoms with Crippen molar-refractivity contribution in [3.8, 4) is 0 Å². The first kappa shape index (κ1) is 24.0. The van der Waals surface area contributed by atoms with Gasteiger partial charge in [0.25, 0.3) is 0 Å². The van der Waals surface area contributed by atoms with Crippen LogP contribution >= 0.6 is 0 Å². The first-order chi connectivity index (χ1) is 12.0. The lowest BCUT2D eigenvalue weighted by Gasteiger charge is -2.24. The summed E-state index contributed by atoms with van der Waals surface area (Å²) in [6.07, 6.45) is 4.91. The van der Waals surface area contributed by atoms with E-state index in [9.17, 15) is 19.8 Å². The molecule has 7 heteroatoms. The van der Waals surface area contributed by atoms with Crippen LogP contribution in [-0.2, 0) is 14.3 Å². The fraction of sp³-hybridized carbons (Fsp3) is 0.889. The third-order valence-corrected chi connectivity index (χ3v) is 4.11. The number of hydrogen-bond acceptors (Lipinski definition) is 7. The highest BCUT2D eigenvalue weighted by molar-refractivity contribution is 5.87. The molecule has 7 nitrogen and oxygen atoms in total. The molecule has 0 aromatic rings. The van der Waals surface area contributed by atoms with Gasteiger partial charge in [0.2, 0.25) is 5.78 Å². The van der Waals surface area contributed by atoms with E-state index in [1.54, 1.807) is 0 Å². The molecule has 0 amide bonds. The summed E-state index contributed by atoms with van der Waals surface area (Å²) in [6, 6.07) is 0. The Morgan fingerprint density at radius 3 is 1.88 bits per heavy atom. The number of ketones is 1. The number of ether oxygens (including phenoxy) is 1. The lowest BCUT2D eigenvalue weighted by molar-refractivity contribution is -0.169. The first-order valence-electron chi connectivity index (χ1n) is 9.27.